The van der Waals surface area contributed by atoms with E-state index in [9.17, 15) is 4.79 Å². The van der Waals surface area contributed by atoms with E-state index in [4.69, 9.17) is 0 Å². The summed E-state index contributed by atoms with van der Waals surface area (Å²) in [5, 5.41) is 3.33. The van der Waals surface area contributed by atoms with Crippen LogP contribution in [0.25, 0.3) is 0 Å². The molecule has 0 fully saturated rings. The lowest BCUT2D eigenvalue weighted by Gasteiger charge is -2.20. The molecule has 4 nitrogen and oxygen atoms in total. The molecule has 1 aromatic heterocycles. The van der Waals surface area contributed by atoms with Crippen LogP contribution in [0.5, 0.6) is 0 Å². The highest BCUT2D eigenvalue weighted by atomic mass is 16.2. The van der Waals surface area contributed by atoms with Crippen molar-refractivity contribution in [3.05, 3.63) is 53.9 Å². The Kier molecular flexibility index (Phi) is 2.76. The molecule has 18 heavy (non-hydrogen) atoms. The van der Waals surface area contributed by atoms with E-state index < -0.39 is 0 Å². The number of amides is 1. The van der Waals surface area contributed by atoms with Gasteiger partial charge in [-0.2, -0.15) is 0 Å². The molecular weight excluding hydrogens is 226 g/mol. The molecule has 0 unspecified atom stereocenters. The molecule has 4 heteroatoms. The van der Waals surface area contributed by atoms with Crippen molar-refractivity contribution in [3.63, 3.8) is 0 Å². The molecule has 0 saturated heterocycles. The van der Waals surface area contributed by atoms with Crippen molar-refractivity contribution < 1.29 is 4.79 Å². The van der Waals surface area contributed by atoms with Gasteiger partial charge >= 0.3 is 0 Å². The fourth-order valence-corrected chi connectivity index (χ4v) is 2.31. The van der Waals surface area contributed by atoms with E-state index in [0.717, 1.165) is 36.2 Å². The maximum Gasteiger partial charge on any atom is 0.270 e. The van der Waals surface area contributed by atoms with Gasteiger partial charge in [-0.3, -0.25) is 14.9 Å². The molecule has 3 rings (SSSR count). The molecule has 1 aliphatic heterocycles. The van der Waals surface area contributed by atoms with E-state index in [0.29, 0.717) is 0 Å². The van der Waals surface area contributed by atoms with E-state index in [2.05, 4.69) is 10.7 Å². The third-order valence-corrected chi connectivity index (χ3v) is 3.17. The maximum atomic E-state index is 12.2. The molecule has 0 saturated carbocycles. The molecule has 2 heterocycles. The van der Waals surface area contributed by atoms with Crippen molar-refractivity contribution >= 4 is 11.6 Å². The lowest BCUT2D eigenvalue weighted by atomic mass is 9.97. The highest BCUT2D eigenvalue weighted by Crippen LogP contribution is 2.25. The van der Waals surface area contributed by atoms with Gasteiger partial charge in [0, 0.05) is 30.2 Å². The number of fused-ring (bicyclic) bond motifs is 1. The van der Waals surface area contributed by atoms with E-state index in [1.54, 1.807) is 4.68 Å². The highest BCUT2D eigenvalue weighted by molar-refractivity contribution is 6.02. The van der Waals surface area contributed by atoms with E-state index in [-0.39, 0.29) is 5.91 Å². The normalized spacial score (nSPS) is 13.6. The molecule has 92 valence electrons. The number of hydrogen-bond acceptors (Lipinski definition) is 2. The summed E-state index contributed by atoms with van der Waals surface area (Å²) >= 11 is 0. The quantitative estimate of drug-likeness (QED) is 0.847. The molecule has 0 aliphatic carbocycles. The first-order chi connectivity index (χ1) is 8.84. The number of aromatic nitrogens is 1. The zero-order valence-electron chi connectivity index (χ0n) is 10.0. The topological polar surface area (TPSA) is 46.1 Å². The fourth-order valence-electron chi connectivity index (χ4n) is 2.31. The van der Waals surface area contributed by atoms with Crippen LogP contribution in [0.15, 0.2) is 42.7 Å². The molecule has 2 aromatic rings. The summed E-state index contributed by atoms with van der Waals surface area (Å²) in [5.74, 6) is -0.0632. The van der Waals surface area contributed by atoms with Crippen molar-refractivity contribution in [1.29, 1.82) is 0 Å². The van der Waals surface area contributed by atoms with Gasteiger partial charge in [0.2, 0.25) is 0 Å². The molecule has 1 aromatic carbocycles. The fraction of sp³-hybridized carbons (Fsp3) is 0.214. The zero-order chi connectivity index (χ0) is 12.4. The van der Waals surface area contributed by atoms with Crippen molar-refractivity contribution in [1.82, 2.24) is 4.68 Å². The molecule has 1 amide bonds. The second kappa shape index (κ2) is 4.56. The number of anilines is 1. The molecule has 0 radical (unpaired) electrons. The summed E-state index contributed by atoms with van der Waals surface area (Å²) in [6.45, 7) is 0.982. The molecule has 0 atom stereocenters. The van der Waals surface area contributed by atoms with Gasteiger partial charge in [0.25, 0.3) is 5.91 Å². The lowest BCUT2D eigenvalue weighted by molar-refractivity contribution is 0.101. The van der Waals surface area contributed by atoms with E-state index in [1.165, 1.54) is 0 Å². The summed E-state index contributed by atoms with van der Waals surface area (Å²) in [7, 11) is 0. The van der Waals surface area contributed by atoms with E-state index >= 15 is 0 Å². The second-order valence-electron chi connectivity index (χ2n) is 4.39. The van der Waals surface area contributed by atoms with E-state index in [1.807, 2.05) is 42.7 Å². The number of nitrogens with zero attached hydrogens (tertiary/aromatic N) is 1. The summed E-state index contributed by atoms with van der Waals surface area (Å²) < 4.78 is 1.66. The van der Waals surface area contributed by atoms with Crippen LogP contribution in [0.4, 0.5) is 5.69 Å². The zero-order valence-corrected chi connectivity index (χ0v) is 10.0. The smallest absolute Gasteiger partial charge is 0.270 e. The molecule has 2 N–H and O–H groups in total. The Hall–Kier alpha value is -2.23. The van der Waals surface area contributed by atoms with Crippen LogP contribution in [0.2, 0.25) is 0 Å². The number of benzene rings is 1. The first kappa shape index (κ1) is 10.9. The Bertz CT molecular complexity index is 560. The average molecular weight is 241 g/mol. The molecular formula is C14H15N3O. The Morgan fingerprint density at radius 1 is 1.22 bits per heavy atom. The van der Waals surface area contributed by atoms with Crippen molar-refractivity contribution in [2.45, 2.75) is 12.8 Å². The Morgan fingerprint density at radius 3 is 2.89 bits per heavy atom. The number of nitrogens with one attached hydrogen (secondary N) is 2. The summed E-state index contributed by atoms with van der Waals surface area (Å²) in [5.41, 5.74) is 5.80. The van der Waals surface area contributed by atoms with Crippen LogP contribution in [-0.4, -0.2) is 17.1 Å². The third kappa shape index (κ3) is 1.97. The minimum atomic E-state index is -0.0632. The predicted molar refractivity (Wildman–Crippen MR) is 71.4 cm³/mol. The summed E-state index contributed by atoms with van der Waals surface area (Å²) in [4.78, 5) is 12.2. The second-order valence-corrected chi connectivity index (χ2v) is 4.39. The average Bonchev–Trinajstić information content (AvgIpc) is 2.91. The molecule has 0 spiro atoms. The largest absolute Gasteiger partial charge is 0.385 e. The predicted octanol–water partition coefficient (Wildman–Crippen LogP) is 2.23. The number of carbonyl (C=O) groups is 1. The van der Waals surface area contributed by atoms with Crippen LogP contribution in [-0.2, 0) is 6.42 Å². The molecule has 0 bridgehead atoms. The van der Waals surface area contributed by atoms with Gasteiger partial charge in [-0.1, -0.05) is 6.07 Å². The highest BCUT2D eigenvalue weighted by Gasteiger charge is 2.17. The number of hydrogen-bond donors (Lipinski definition) is 2. The summed E-state index contributed by atoms with van der Waals surface area (Å²) in [6, 6.07) is 9.58. The lowest BCUT2D eigenvalue weighted by Crippen LogP contribution is -2.24. The number of rotatable bonds is 2. The Morgan fingerprint density at radius 2 is 2.06 bits per heavy atom. The first-order valence-electron chi connectivity index (χ1n) is 6.15. The standard InChI is InChI=1S/C14H15N3O/c18-14(16-17-9-1-2-10-17)12-5-3-7-13-11(12)6-4-8-15-13/h1-3,5,7,9-10,15H,4,6,8H2,(H,16,18). The minimum Gasteiger partial charge on any atom is -0.385 e. The van der Waals surface area contributed by atoms with Crippen molar-refractivity contribution in [3.8, 4) is 0 Å². The SMILES string of the molecule is O=C(Nn1cccc1)c1cccc2c1CCCN2. The first-order valence-corrected chi connectivity index (χ1v) is 6.15. The maximum absolute atomic E-state index is 12.2. The Balaban J connectivity index is 1.89. The van der Waals surface area contributed by atoms with Gasteiger partial charge < -0.3 is 5.32 Å². The van der Waals surface area contributed by atoms with Crippen LogP contribution >= 0.6 is 0 Å². The van der Waals surface area contributed by atoms with Gasteiger partial charge in [-0.05, 0) is 42.7 Å². The van der Waals surface area contributed by atoms with Gasteiger partial charge in [-0.25, -0.2) is 0 Å². The van der Waals surface area contributed by atoms with Crippen LogP contribution in [0, 0.1) is 0 Å². The minimum absolute atomic E-state index is 0.0632. The van der Waals surface area contributed by atoms with Crippen LogP contribution in [0.3, 0.4) is 0 Å². The monoisotopic (exact) mass is 241 g/mol. The molecule has 1 aliphatic rings. The van der Waals surface area contributed by atoms with Gasteiger partial charge in [0.05, 0.1) is 0 Å². The van der Waals surface area contributed by atoms with Gasteiger partial charge in [0.15, 0.2) is 0 Å². The third-order valence-electron chi connectivity index (χ3n) is 3.17. The summed E-state index contributed by atoms with van der Waals surface area (Å²) in [6.07, 6.45) is 5.65. The van der Waals surface area contributed by atoms with Gasteiger partial charge in [-0.15, -0.1) is 0 Å². The van der Waals surface area contributed by atoms with Crippen molar-refractivity contribution in [2.75, 3.05) is 17.3 Å². The Labute approximate surface area is 106 Å². The van der Waals surface area contributed by atoms with Gasteiger partial charge in [0.1, 0.15) is 0 Å². The van der Waals surface area contributed by atoms with Crippen LogP contribution in [0.1, 0.15) is 22.3 Å². The number of carbonyl (C=O) groups excluding carboxylic acids is 1. The van der Waals surface area contributed by atoms with Crippen molar-refractivity contribution in [2.24, 2.45) is 0 Å². The van der Waals surface area contributed by atoms with Crippen LogP contribution < -0.4 is 10.7 Å².